The first-order chi connectivity index (χ1) is 8.62. The van der Waals surface area contributed by atoms with Crippen molar-refractivity contribution in [1.29, 1.82) is 0 Å². The fourth-order valence-electron chi connectivity index (χ4n) is 1.67. The summed E-state index contributed by atoms with van der Waals surface area (Å²) >= 11 is 0. The molecule has 0 aliphatic carbocycles. The molecule has 0 bridgehead atoms. The average molecular weight is 252 g/mol. The number of ether oxygens (including phenoxy) is 2. The molecule has 0 atom stereocenters. The second-order valence-corrected chi connectivity index (χ2v) is 3.94. The van der Waals surface area contributed by atoms with Crippen molar-refractivity contribution in [2.24, 2.45) is 0 Å². The maximum Gasteiger partial charge on any atom is 0.234 e. The lowest BCUT2D eigenvalue weighted by Crippen LogP contribution is -2.31. The number of carbonyl (C=O) groups is 1. The van der Waals surface area contributed by atoms with E-state index in [-0.39, 0.29) is 5.91 Å². The molecule has 0 aromatic heterocycles. The van der Waals surface area contributed by atoms with E-state index in [4.69, 9.17) is 9.47 Å². The first-order valence-electron chi connectivity index (χ1n) is 5.75. The van der Waals surface area contributed by atoms with Gasteiger partial charge in [0.05, 0.1) is 20.8 Å². The van der Waals surface area contributed by atoms with Gasteiger partial charge in [0.2, 0.25) is 5.91 Å². The van der Waals surface area contributed by atoms with Crippen LogP contribution in [0.5, 0.6) is 11.5 Å². The van der Waals surface area contributed by atoms with Crippen LogP contribution in [0.1, 0.15) is 11.1 Å². The minimum atomic E-state index is -0.0564. The topological polar surface area (TPSA) is 59.6 Å². The van der Waals surface area contributed by atoms with Gasteiger partial charge in [-0.3, -0.25) is 4.79 Å². The number of rotatable bonds is 6. The van der Waals surface area contributed by atoms with Crippen molar-refractivity contribution in [2.75, 3.05) is 27.8 Å². The molecule has 0 radical (unpaired) electrons. The molecule has 18 heavy (non-hydrogen) atoms. The summed E-state index contributed by atoms with van der Waals surface area (Å²) in [5.74, 6) is 1.48. The minimum absolute atomic E-state index is 0.0564. The first-order valence-corrected chi connectivity index (χ1v) is 5.75. The minimum Gasteiger partial charge on any atom is -0.496 e. The number of carbonyl (C=O) groups excluding carboxylic acids is 1. The van der Waals surface area contributed by atoms with Crippen molar-refractivity contribution in [3.8, 4) is 11.5 Å². The van der Waals surface area contributed by atoms with Gasteiger partial charge in [0.1, 0.15) is 11.5 Å². The van der Waals surface area contributed by atoms with Crippen molar-refractivity contribution in [3.05, 3.63) is 23.3 Å². The number of benzene rings is 1. The number of aryl methyl sites for hydroxylation is 1. The summed E-state index contributed by atoms with van der Waals surface area (Å²) in [5, 5.41) is 5.60. The van der Waals surface area contributed by atoms with E-state index in [9.17, 15) is 4.79 Å². The lowest BCUT2D eigenvalue weighted by atomic mass is 10.1. The summed E-state index contributed by atoms with van der Waals surface area (Å²) in [5.41, 5.74) is 1.89. The lowest BCUT2D eigenvalue weighted by Gasteiger charge is -2.13. The summed E-state index contributed by atoms with van der Waals surface area (Å²) in [6.07, 6.45) is 0. The highest BCUT2D eigenvalue weighted by Gasteiger charge is 2.09. The third-order valence-electron chi connectivity index (χ3n) is 2.61. The van der Waals surface area contributed by atoms with E-state index in [1.807, 2.05) is 19.1 Å². The largest absolute Gasteiger partial charge is 0.496 e. The third-order valence-corrected chi connectivity index (χ3v) is 2.61. The van der Waals surface area contributed by atoms with E-state index in [1.54, 1.807) is 21.3 Å². The molecule has 5 heteroatoms. The van der Waals surface area contributed by atoms with E-state index in [0.29, 0.717) is 13.1 Å². The van der Waals surface area contributed by atoms with Crippen molar-refractivity contribution in [3.63, 3.8) is 0 Å². The molecule has 0 aliphatic rings. The van der Waals surface area contributed by atoms with Crippen LogP contribution < -0.4 is 20.1 Å². The van der Waals surface area contributed by atoms with Gasteiger partial charge in [0, 0.05) is 12.1 Å². The third kappa shape index (κ3) is 3.63. The molecule has 0 aliphatic heterocycles. The van der Waals surface area contributed by atoms with Crippen molar-refractivity contribution in [1.82, 2.24) is 10.6 Å². The quantitative estimate of drug-likeness (QED) is 0.788. The molecule has 1 amide bonds. The molecule has 1 aromatic carbocycles. The molecule has 1 aromatic rings. The van der Waals surface area contributed by atoms with Gasteiger partial charge >= 0.3 is 0 Å². The SMILES string of the molecule is CNCC(=O)NCc1cc(OC)c(C)cc1OC. The lowest BCUT2D eigenvalue weighted by molar-refractivity contribution is -0.120. The van der Waals surface area contributed by atoms with Crippen LogP contribution in [0.2, 0.25) is 0 Å². The number of nitrogens with one attached hydrogen (secondary N) is 2. The summed E-state index contributed by atoms with van der Waals surface area (Å²) in [7, 11) is 4.97. The molecular weight excluding hydrogens is 232 g/mol. The Labute approximate surface area is 107 Å². The van der Waals surface area contributed by atoms with Crippen molar-refractivity contribution < 1.29 is 14.3 Å². The molecule has 1 rings (SSSR count). The molecule has 0 saturated carbocycles. The van der Waals surface area contributed by atoms with E-state index in [1.165, 1.54) is 0 Å². The molecule has 100 valence electrons. The Balaban J connectivity index is 2.83. The Morgan fingerprint density at radius 3 is 2.44 bits per heavy atom. The van der Waals surface area contributed by atoms with Gasteiger partial charge in [-0.15, -0.1) is 0 Å². The standard InChI is InChI=1S/C13H20N2O3/c1-9-5-12(18-4)10(6-11(9)17-3)7-15-13(16)8-14-2/h5-6,14H,7-8H2,1-4H3,(H,15,16). The summed E-state index contributed by atoms with van der Waals surface area (Å²) < 4.78 is 10.6. The zero-order valence-electron chi connectivity index (χ0n) is 11.3. The van der Waals surface area contributed by atoms with Crippen molar-refractivity contribution in [2.45, 2.75) is 13.5 Å². The Bertz CT molecular complexity index is 419. The van der Waals surface area contributed by atoms with Crippen LogP contribution in [-0.4, -0.2) is 33.7 Å². The highest BCUT2D eigenvalue weighted by molar-refractivity contribution is 5.78. The molecule has 0 saturated heterocycles. The highest BCUT2D eigenvalue weighted by atomic mass is 16.5. The smallest absolute Gasteiger partial charge is 0.234 e. The summed E-state index contributed by atoms with van der Waals surface area (Å²) in [6.45, 7) is 2.66. The fourth-order valence-corrected chi connectivity index (χ4v) is 1.67. The maximum absolute atomic E-state index is 11.4. The number of amides is 1. The highest BCUT2D eigenvalue weighted by Crippen LogP contribution is 2.27. The van der Waals surface area contributed by atoms with E-state index < -0.39 is 0 Å². The van der Waals surface area contributed by atoms with Gasteiger partial charge in [-0.2, -0.15) is 0 Å². The number of likely N-dealkylation sites (N-methyl/N-ethyl adjacent to an activating group) is 1. The molecule has 0 heterocycles. The summed E-state index contributed by atoms with van der Waals surface area (Å²) in [6, 6.07) is 3.78. The van der Waals surface area contributed by atoms with Crippen molar-refractivity contribution >= 4 is 5.91 Å². The fraction of sp³-hybridized carbons (Fsp3) is 0.462. The monoisotopic (exact) mass is 252 g/mol. The van der Waals surface area contributed by atoms with E-state index >= 15 is 0 Å². The number of hydrogen-bond donors (Lipinski definition) is 2. The second kappa shape index (κ2) is 6.86. The molecule has 0 fully saturated rings. The van der Waals surface area contributed by atoms with Crippen LogP contribution in [0.4, 0.5) is 0 Å². The first kappa shape index (κ1) is 14.3. The van der Waals surface area contributed by atoms with Crippen LogP contribution in [0.15, 0.2) is 12.1 Å². The maximum atomic E-state index is 11.4. The molecule has 0 unspecified atom stereocenters. The Hall–Kier alpha value is -1.75. The Kier molecular flexibility index (Phi) is 5.45. The zero-order chi connectivity index (χ0) is 13.5. The van der Waals surface area contributed by atoms with Gasteiger partial charge < -0.3 is 20.1 Å². The molecule has 2 N–H and O–H groups in total. The summed E-state index contributed by atoms with van der Waals surface area (Å²) in [4.78, 5) is 11.4. The Morgan fingerprint density at radius 1 is 1.22 bits per heavy atom. The molecular formula is C13H20N2O3. The van der Waals surface area contributed by atoms with Gasteiger partial charge in [-0.1, -0.05) is 0 Å². The zero-order valence-corrected chi connectivity index (χ0v) is 11.3. The second-order valence-electron chi connectivity index (χ2n) is 3.94. The van der Waals surface area contributed by atoms with Gasteiger partial charge in [0.25, 0.3) is 0 Å². The molecule has 0 spiro atoms. The van der Waals surface area contributed by atoms with Crippen LogP contribution in [-0.2, 0) is 11.3 Å². The van der Waals surface area contributed by atoms with Gasteiger partial charge in [-0.25, -0.2) is 0 Å². The Morgan fingerprint density at radius 2 is 1.89 bits per heavy atom. The van der Waals surface area contributed by atoms with E-state index in [0.717, 1.165) is 22.6 Å². The predicted molar refractivity (Wildman–Crippen MR) is 70.1 cm³/mol. The normalized spacial score (nSPS) is 10.0. The molecule has 5 nitrogen and oxygen atoms in total. The van der Waals surface area contributed by atoms with Crippen LogP contribution in [0.25, 0.3) is 0 Å². The van der Waals surface area contributed by atoms with Crippen LogP contribution in [0.3, 0.4) is 0 Å². The average Bonchev–Trinajstić information content (AvgIpc) is 2.37. The predicted octanol–water partition coefficient (Wildman–Crippen LogP) is 0.848. The van der Waals surface area contributed by atoms with Gasteiger partial charge in [-0.05, 0) is 31.7 Å². The van der Waals surface area contributed by atoms with Crippen LogP contribution in [0, 0.1) is 6.92 Å². The number of hydrogen-bond acceptors (Lipinski definition) is 4. The van der Waals surface area contributed by atoms with E-state index in [2.05, 4.69) is 10.6 Å². The van der Waals surface area contributed by atoms with Crippen LogP contribution >= 0.6 is 0 Å². The number of methoxy groups -OCH3 is 2. The van der Waals surface area contributed by atoms with Gasteiger partial charge in [0.15, 0.2) is 0 Å².